The smallest absolute Gasteiger partial charge is 0.234 e. The van der Waals surface area contributed by atoms with Crippen LogP contribution in [0.5, 0.6) is 0 Å². The molecule has 1 atom stereocenters. The predicted octanol–water partition coefficient (Wildman–Crippen LogP) is 1.51. The summed E-state index contributed by atoms with van der Waals surface area (Å²) in [5.41, 5.74) is 6.91. The topological polar surface area (TPSA) is 58.4 Å². The third kappa shape index (κ3) is 5.67. The monoisotopic (exact) mass is 293 g/mol. The van der Waals surface area contributed by atoms with Crippen LogP contribution in [0.15, 0.2) is 30.3 Å². The van der Waals surface area contributed by atoms with Gasteiger partial charge in [0.15, 0.2) is 0 Å². The van der Waals surface area contributed by atoms with E-state index < -0.39 is 0 Å². The highest BCUT2D eigenvalue weighted by Gasteiger charge is 2.18. The van der Waals surface area contributed by atoms with Crippen molar-refractivity contribution in [1.82, 2.24) is 10.2 Å². The average Bonchev–Trinajstić information content (AvgIpc) is 2.35. The van der Waals surface area contributed by atoms with Gasteiger partial charge in [-0.3, -0.25) is 9.69 Å². The minimum Gasteiger partial charge on any atom is -0.393 e. The third-order valence-electron chi connectivity index (χ3n) is 2.90. The van der Waals surface area contributed by atoms with E-state index in [1.807, 2.05) is 56.1 Å². The molecule has 20 heavy (non-hydrogen) atoms. The second-order valence-electron chi connectivity index (χ2n) is 5.28. The molecule has 0 aliphatic heterocycles. The van der Waals surface area contributed by atoms with E-state index in [0.29, 0.717) is 18.1 Å². The quantitative estimate of drug-likeness (QED) is 0.748. The highest BCUT2D eigenvalue weighted by molar-refractivity contribution is 7.80. The first-order valence-electron chi connectivity index (χ1n) is 6.72. The number of amides is 1. The molecule has 1 unspecified atom stereocenters. The number of hydrogen-bond donors (Lipinski definition) is 2. The molecule has 1 rings (SSSR count). The molecule has 0 aliphatic rings. The van der Waals surface area contributed by atoms with Crippen LogP contribution in [-0.4, -0.2) is 42.0 Å². The lowest BCUT2D eigenvalue weighted by atomic mass is 9.98. The maximum atomic E-state index is 11.7. The number of thiocarbonyl (C=S) groups is 1. The number of carbonyl (C=O) groups is 1. The SMILES string of the molecule is CC(C)NC(=O)CN(C)CC(C(N)=S)c1ccccc1. The zero-order valence-corrected chi connectivity index (χ0v) is 13.1. The van der Waals surface area contributed by atoms with Gasteiger partial charge in [0.2, 0.25) is 5.91 Å². The van der Waals surface area contributed by atoms with E-state index >= 15 is 0 Å². The first kappa shape index (κ1) is 16.6. The van der Waals surface area contributed by atoms with Gasteiger partial charge in [0.1, 0.15) is 0 Å². The summed E-state index contributed by atoms with van der Waals surface area (Å²) in [6.45, 7) is 4.86. The van der Waals surface area contributed by atoms with E-state index in [0.717, 1.165) is 5.56 Å². The van der Waals surface area contributed by atoms with Crippen LogP contribution in [0.2, 0.25) is 0 Å². The molecule has 0 spiro atoms. The highest BCUT2D eigenvalue weighted by atomic mass is 32.1. The summed E-state index contributed by atoms with van der Waals surface area (Å²) in [5.74, 6) is -0.0275. The molecule has 5 heteroatoms. The van der Waals surface area contributed by atoms with Gasteiger partial charge in [-0.1, -0.05) is 42.5 Å². The summed E-state index contributed by atoms with van der Waals surface area (Å²) in [6, 6.07) is 10.0. The standard InChI is InChI=1S/C15H23N3OS/c1-11(2)17-14(19)10-18(3)9-13(15(16)20)12-7-5-4-6-8-12/h4-8,11,13H,9-10H2,1-3H3,(H2,16,20)(H,17,19). The molecule has 0 bridgehead atoms. The lowest BCUT2D eigenvalue weighted by Gasteiger charge is -2.23. The average molecular weight is 293 g/mol. The van der Waals surface area contributed by atoms with E-state index in [1.165, 1.54) is 0 Å². The maximum Gasteiger partial charge on any atom is 0.234 e. The molecular formula is C15H23N3OS. The Morgan fingerprint density at radius 1 is 1.35 bits per heavy atom. The zero-order chi connectivity index (χ0) is 15.1. The number of likely N-dealkylation sites (N-methyl/N-ethyl adjacent to an activating group) is 1. The van der Waals surface area contributed by atoms with Crippen molar-refractivity contribution in [2.75, 3.05) is 20.1 Å². The summed E-state index contributed by atoms with van der Waals surface area (Å²) < 4.78 is 0. The van der Waals surface area contributed by atoms with E-state index in [9.17, 15) is 4.79 Å². The van der Waals surface area contributed by atoms with Gasteiger partial charge < -0.3 is 11.1 Å². The Morgan fingerprint density at radius 3 is 2.45 bits per heavy atom. The van der Waals surface area contributed by atoms with Crippen LogP contribution < -0.4 is 11.1 Å². The second kappa shape index (κ2) is 7.97. The Labute approximate surface area is 126 Å². The van der Waals surface area contributed by atoms with Gasteiger partial charge in [-0.25, -0.2) is 0 Å². The van der Waals surface area contributed by atoms with Crippen LogP contribution in [-0.2, 0) is 4.79 Å². The third-order valence-corrected chi connectivity index (χ3v) is 3.19. The number of nitrogens with one attached hydrogen (secondary N) is 1. The highest BCUT2D eigenvalue weighted by Crippen LogP contribution is 2.16. The second-order valence-corrected chi connectivity index (χ2v) is 5.76. The van der Waals surface area contributed by atoms with Crippen LogP contribution in [0, 0.1) is 0 Å². The molecule has 0 heterocycles. The maximum absolute atomic E-state index is 11.7. The van der Waals surface area contributed by atoms with Crippen LogP contribution in [0.4, 0.5) is 0 Å². The molecule has 110 valence electrons. The number of nitrogens with two attached hydrogens (primary N) is 1. The van der Waals surface area contributed by atoms with Gasteiger partial charge >= 0.3 is 0 Å². The molecule has 0 aromatic heterocycles. The Balaban J connectivity index is 2.63. The van der Waals surface area contributed by atoms with Crippen molar-refractivity contribution in [2.24, 2.45) is 5.73 Å². The van der Waals surface area contributed by atoms with Crippen molar-refractivity contribution in [2.45, 2.75) is 25.8 Å². The van der Waals surface area contributed by atoms with Crippen molar-refractivity contribution in [3.63, 3.8) is 0 Å². The molecule has 4 nitrogen and oxygen atoms in total. The molecule has 3 N–H and O–H groups in total. The van der Waals surface area contributed by atoms with E-state index in [2.05, 4.69) is 5.32 Å². The summed E-state index contributed by atoms with van der Waals surface area (Å²) in [5, 5.41) is 2.87. The van der Waals surface area contributed by atoms with Crippen LogP contribution in [0.1, 0.15) is 25.3 Å². The Morgan fingerprint density at radius 2 is 1.95 bits per heavy atom. The van der Waals surface area contributed by atoms with Gasteiger partial charge in [0.05, 0.1) is 11.5 Å². The van der Waals surface area contributed by atoms with E-state index in [4.69, 9.17) is 18.0 Å². The summed E-state index contributed by atoms with van der Waals surface area (Å²) in [4.78, 5) is 14.1. The first-order chi connectivity index (χ1) is 9.40. The molecule has 0 saturated carbocycles. The lowest BCUT2D eigenvalue weighted by molar-refractivity contribution is -0.122. The number of carbonyl (C=O) groups excluding carboxylic acids is 1. The van der Waals surface area contributed by atoms with Crippen molar-refractivity contribution < 1.29 is 4.79 Å². The molecular weight excluding hydrogens is 270 g/mol. The minimum absolute atomic E-state index is 0.0113. The molecule has 0 aliphatic carbocycles. The van der Waals surface area contributed by atoms with Gasteiger partial charge in [0, 0.05) is 18.5 Å². The largest absolute Gasteiger partial charge is 0.393 e. The Bertz CT molecular complexity index is 448. The fourth-order valence-electron chi connectivity index (χ4n) is 2.03. The lowest BCUT2D eigenvalue weighted by Crippen LogP contribution is -2.41. The van der Waals surface area contributed by atoms with Crippen molar-refractivity contribution >= 4 is 23.1 Å². The summed E-state index contributed by atoms with van der Waals surface area (Å²) >= 11 is 5.15. The molecule has 1 amide bonds. The van der Waals surface area contributed by atoms with Crippen LogP contribution >= 0.6 is 12.2 Å². The van der Waals surface area contributed by atoms with E-state index in [1.54, 1.807) is 0 Å². The van der Waals surface area contributed by atoms with Crippen molar-refractivity contribution in [3.8, 4) is 0 Å². The Hall–Kier alpha value is -1.46. The molecule has 0 radical (unpaired) electrons. The molecule has 1 aromatic carbocycles. The van der Waals surface area contributed by atoms with Gasteiger partial charge in [0.25, 0.3) is 0 Å². The van der Waals surface area contributed by atoms with Crippen LogP contribution in [0.3, 0.4) is 0 Å². The van der Waals surface area contributed by atoms with Gasteiger partial charge in [-0.2, -0.15) is 0 Å². The fraction of sp³-hybridized carbons (Fsp3) is 0.467. The first-order valence-corrected chi connectivity index (χ1v) is 7.13. The Kier molecular flexibility index (Phi) is 6.61. The predicted molar refractivity (Wildman–Crippen MR) is 86.7 cm³/mol. The summed E-state index contributed by atoms with van der Waals surface area (Å²) in [6.07, 6.45) is 0. The van der Waals surface area contributed by atoms with E-state index in [-0.39, 0.29) is 17.9 Å². The number of benzene rings is 1. The van der Waals surface area contributed by atoms with Gasteiger partial charge in [-0.15, -0.1) is 0 Å². The fourth-order valence-corrected chi connectivity index (χ4v) is 2.24. The van der Waals surface area contributed by atoms with Crippen LogP contribution in [0.25, 0.3) is 0 Å². The summed E-state index contributed by atoms with van der Waals surface area (Å²) in [7, 11) is 1.90. The molecule has 0 fully saturated rings. The zero-order valence-electron chi connectivity index (χ0n) is 12.3. The van der Waals surface area contributed by atoms with Gasteiger partial charge in [-0.05, 0) is 26.5 Å². The van der Waals surface area contributed by atoms with Crippen molar-refractivity contribution in [1.29, 1.82) is 0 Å². The molecule has 1 aromatic rings. The molecule has 0 saturated heterocycles. The number of rotatable bonds is 7. The number of nitrogens with zero attached hydrogens (tertiary/aromatic N) is 1. The minimum atomic E-state index is -0.0388. The normalized spacial score (nSPS) is 12.4. The number of hydrogen-bond acceptors (Lipinski definition) is 3. The van der Waals surface area contributed by atoms with Crippen molar-refractivity contribution in [3.05, 3.63) is 35.9 Å².